The lowest BCUT2D eigenvalue weighted by Crippen LogP contribution is -2.30. The van der Waals surface area contributed by atoms with Crippen molar-refractivity contribution in [2.24, 2.45) is 23.2 Å². The van der Waals surface area contributed by atoms with Gasteiger partial charge in [0.1, 0.15) is 0 Å². The van der Waals surface area contributed by atoms with Crippen molar-refractivity contribution in [3.8, 4) is 0 Å². The highest BCUT2D eigenvalue weighted by Crippen LogP contribution is 2.41. The number of hydrogen-bond donors (Lipinski definition) is 0. The van der Waals surface area contributed by atoms with Gasteiger partial charge < -0.3 is 0 Å². The van der Waals surface area contributed by atoms with Crippen LogP contribution in [0, 0.1) is 23.2 Å². The minimum atomic E-state index is 0.545. The van der Waals surface area contributed by atoms with E-state index in [-0.39, 0.29) is 0 Å². The van der Waals surface area contributed by atoms with Crippen LogP contribution in [0.5, 0.6) is 0 Å². The minimum absolute atomic E-state index is 0.545. The topological polar surface area (TPSA) is 0 Å². The van der Waals surface area contributed by atoms with E-state index >= 15 is 0 Å². The van der Waals surface area contributed by atoms with Crippen molar-refractivity contribution in [3.63, 3.8) is 0 Å². The monoisotopic (exact) mass is 198 g/mol. The number of rotatable bonds is 6. The van der Waals surface area contributed by atoms with E-state index in [1.807, 2.05) is 0 Å². The lowest BCUT2D eigenvalue weighted by molar-refractivity contribution is 0.109. The SMILES string of the molecule is CCC(C)CC(C)(CC)C(C)C(C)C. The van der Waals surface area contributed by atoms with E-state index in [9.17, 15) is 0 Å². The first-order valence-electron chi connectivity index (χ1n) is 6.37. The van der Waals surface area contributed by atoms with Gasteiger partial charge in [-0.25, -0.2) is 0 Å². The molecule has 0 amide bonds. The molecule has 0 saturated carbocycles. The van der Waals surface area contributed by atoms with Gasteiger partial charge in [-0.15, -0.1) is 0 Å². The molecule has 3 unspecified atom stereocenters. The van der Waals surface area contributed by atoms with Crippen LogP contribution in [-0.2, 0) is 0 Å². The average Bonchev–Trinajstić information content (AvgIpc) is 2.15. The molecule has 0 aliphatic heterocycles. The highest BCUT2D eigenvalue weighted by atomic mass is 14.4. The molecule has 0 aromatic carbocycles. The first-order chi connectivity index (χ1) is 6.37. The van der Waals surface area contributed by atoms with E-state index in [0.717, 1.165) is 17.8 Å². The van der Waals surface area contributed by atoms with Crippen molar-refractivity contribution < 1.29 is 0 Å². The summed E-state index contributed by atoms with van der Waals surface area (Å²) in [6.07, 6.45) is 4.02. The second-order valence-electron chi connectivity index (χ2n) is 5.76. The molecule has 0 heterocycles. The first kappa shape index (κ1) is 14.0. The molecule has 3 atom stereocenters. The largest absolute Gasteiger partial charge is 0.0651 e. The highest BCUT2D eigenvalue weighted by molar-refractivity contribution is 4.82. The zero-order valence-electron chi connectivity index (χ0n) is 11.4. The third kappa shape index (κ3) is 3.63. The molecule has 14 heavy (non-hydrogen) atoms. The Morgan fingerprint density at radius 1 is 1.00 bits per heavy atom. The predicted molar refractivity (Wildman–Crippen MR) is 66.5 cm³/mol. The van der Waals surface area contributed by atoms with Crippen molar-refractivity contribution in [3.05, 3.63) is 0 Å². The second-order valence-corrected chi connectivity index (χ2v) is 5.76. The van der Waals surface area contributed by atoms with Gasteiger partial charge in [0.25, 0.3) is 0 Å². The first-order valence-corrected chi connectivity index (χ1v) is 6.37. The summed E-state index contributed by atoms with van der Waals surface area (Å²) >= 11 is 0. The molecular formula is C14H30. The fourth-order valence-corrected chi connectivity index (χ4v) is 2.40. The van der Waals surface area contributed by atoms with Gasteiger partial charge in [-0.1, -0.05) is 61.3 Å². The summed E-state index contributed by atoms with van der Waals surface area (Å²) in [6, 6.07) is 0. The van der Waals surface area contributed by atoms with Crippen LogP contribution in [0.4, 0.5) is 0 Å². The van der Waals surface area contributed by atoms with Crippen molar-refractivity contribution in [1.82, 2.24) is 0 Å². The fourth-order valence-electron chi connectivity index (χ4n) is 2.40. The standard InChI is InChI=1S/C14H30/c1-8-12(5)10-14(7,9-2)13(6)11(3)4/h11-13H,8-10H2,1-7H3. The van der Waals surface area contributed by atoms with Crippen LogP contribution in [0.3, 0.4) is 0 Å². The van der Waals surface area contributed by atoms with Gasteiger partial charge in [0.15, 0.2) is 0 Å². The quantitative estimate of drug-likeness (QED) is 0.555. The van der Waals surface area contributed by atoms with E-state index in [1.165, 1.54) is 19.3 Å². The van der Waals surface area contributed by atoms with Gasteiger partial charge in [-0.3, -0.25) is 0 Å². The molecule has 0 radical (unpaired) electrons. The molecule has 0 aliphatic rings. The molecule has 0 saturated heterocycles. The maximum Gasteiger partial charge on any atom is -0.0298 e. The lowest BCUT2D eigenvalue weighted by atomic mass is 9.66. The molecule has 86 valence electrons. The Morgan fingerprint density at radius 2 is 1.50 bits per heavy atom. The summed E-state index contributed by atoms with van der Waals surface area (Å²) in [6.45, 7) is 16.7. The second kappa shape index (κ2) is 5.78. The summed E-state index contributed by atoms with van der Waals surface area (Å²) in [7, 11) is 0. The van der Waals surface area contributed by atoms with E-state index in [2.05, 4.69) is 48.5 Å². The Labute approximate surface area is 91.5 Å². The molecule has 0 N–H and O–H groups in total. The van der Waals surface area contributed by atoms with E-state index < -0.39 is 0 Å². The summed E-state index contributed by atoms with van der Waals surface area (Å²) in [5, 5.41) is 0. The molecule has 0 bridgehead atoms. The Bertz CT molecular complexity index is 148. The molecule has 0 heteroatoms. The predicted octanol–water partition coefficient (Wildman–Crippen LogP) is 5.13. The van der Waals surface area contributed by atoms with Gasteiger partial charge in [0.05, 0.1) is 0 Å². The normalized spacial score (nSPS) is 20.6. The molecule has 0 rings (SSSR count). The van der Waals surface area contributed by atoms with E-state index in [1.54, 1.807) is 0 Å². The number of hydrogen-bond acceptors (Lipinski definition) is 0. The highest BCUT2D eigenvalue weighted by Gasteiger charge is 2.32. The van der Waals surface area contributed by atoms with Crippen LogP contribution in [0.25, 0.3) is 0 Å². The van der Waals surface area contributed by atoms with Crippen LogP contribution >= 0.6 is 0 Å². The van der Waals surface area contributed by atoms with Crippen LogP contribution in [0.1, 0.15) is 67.7 Å². The van der Waals surface area contributed by atoms with Crippen LogP contribution in [-0.4, -0.2) is 0 Å². The van der Waals surface area contributed by atoms with Gasteiger partial charge in [-0.05, 0) is 29.6 Å². The molecular weight excluding hydrogens is 168 g/mol. The molecule has 0 spiro atoms. The van der Waals surface area contributed by atoms with Gasteiger partial charge in [-0.2, -0.15) is 0 Å². The molecule has 0 aromatic rings. The molecule has 0 aliphatic carbocycles. The minimum Gasteiger partial charge on any atom is -0.0651 e. The smallest absolute Gasteiger partial charge is 0.0298 e. The maximum absolute atomic E-state index is 2.48. The van der Waals surface area contributed by atoms with Crippen LogP contribution in [0.15, 0.2) is 0 Å². The average molecular weight is 198 g/mol. The lowest BCUT2D eigenvalue weighted by Gasteiger charge is -2.39. The Hall–Kier alpha value is 0. The van der Waals surface area contributed by atoms with E-state index in [4.69, 9.17) is 0 Å². The van der Waals surface area contributed by atoms with Crippen LogP contribution in [0.2, 0.25) is 0 Å². The summed E-state index contributed by atoms with van der Waals surface area (Å²) in [5.74, 6) is 2.52. The maximum atomic E-state index is 2.48. The van der Waals surface area contributed by atoms with Crippen molar-refractivity contribution in [2.45, 2.75) is 67.7 Å². The summed E-state index contributed by atoms with van der Waals surface area (Å²) in [5.41, 5.74) is 0.545. The third-order valence-electron chi connectivity index (χ3n) is 4.42. The Balaban J connectivity index is 4.45. The van der Waals surface area contributed by atoms with Crippen molar-refractivity contribution in [2.75, 3.05) is 0 Å². The van der Waals surface area contributed by atoms with Gasteiger partial charge in [0, 0.05) is 0 Å². The molecule has 0 fully saturated rings. The van der Waals surface area contributed by atoms with Crippen LogP contribution < -0.4 is 0 Å². The molecule has 0 aromatic heterocycles. The summed E-state index contributed by atoms with van der Waals surface area (Å²) in [4.78, 5) is 0. The summed E-state index contributed by atoms with van der Waals surface area (Å²) < 4.78 is 0. The zero-order valence-corrected chi connectivity index (χ0v) is 11.4. The Morgan fingerprint density at radius 3 is 1.79 bits per heavy atom. The zero-order chi connectivity index (χ0) is 11.4. The molecule has 0 nitrogen and oxygen atoms in total. The Kier molecular flexibility index (Phi) is 5.78. The van der Waals surface area contributed by atoms with Crippen molar-refractivity contribution >= 4 is 0 Å². The third-order valence-corrected chi connectivity index (χ3v) is 4.42. The van der Waals surface area contributed by atoms with Crippen molar-refractivity contribution in [1.29, 1.82) is 0 Å². The van der Waals surface area contributed by atoms with E-state index in [0.29, 0.717) is 5.41 Å². The van der Waals surface area contributed by atoms with Gasteiger partial charge >= 0.3 is 0 Å². The van der Waals surface area contributed by atoms with Gasteiger partial charge in [0.2, 0.25) is 0 Å². The fraction of sp³-hybridized carbons (Fsp3) is 1.00.